The van der Waals surface area contributed by atoms with Crippen LogP contribution >= 0.6 is 0 Å². The Bertz CT molecular complexity index is 312. The number of esters is 1. The van der Waals surface area contributed by atoms with Gasteiger partial charge in [0.05, 0.1) is 0 Å². The number of aliphatic carboxylic acids is 1. The Kier molecular flexibility index (Phi) is 2.03. The quantitative estimate of drug-likeness (QED) is 0.542. The summed E-state index contributed by atoms with van der Waals surface area (Å²) in [5.74, 6) is -0.550. The molecule has 88 valence electrons. The highest BCUT2D eigenvalue weighted by Crippen LogP contribution is 2.57. The summed E-state index contributed by atoms with van der Waals surface area (Å²) >= 11 is 0. The Hall–Kier alpha value is -1.06. The molecule has 1 N–H and O–H groups in total. The zero-order chi connectivity index (χ0) is 11.3. The lowest BCUT2D eigenvalue weighted by Crippen LogP contribution is -2.53. The topological polar surface area (TPSA) is 63.6 Å². The number of ether oxygens (including phenoxy) is 1. The fourth-order valence-corrected chi connectivity index (χ4v) is 4.40. The second-order valence-corrected chi connectivity index (χ2v) is 5.80. The van der Waals surface area contributed by atoms with Crippen LogP contribution in [0.3, 0.4) is 0 Å². The molecule has 4 aliphatic carbocycles. The first-order valence-corrected chi connectivity index (χ1v) is 6.02. The van der Waals surface area contributed by atoms with Gasteiger partial charge in [0.2, 0.25) is 0 Å². The molecular formula is C12H16O4. The molecule has 0 saturated heterocycles. The monoisotopic (exact) mass is 224 g/mol. The number of carbonyl (C=O) groups excluding carboxylic acids is 1. The molecule has 0 aromatic rings. The van der Waals surface area contributed by atoms with Crippen molar-refractivity contribution in [3.8, 4) is 0 Å². The van der Waals surface area contributed by atoms with Crippen molar-refractivity contribution in [2.24, 2.45) is 17.8 Å². The fraction of sp³-hybridized carbons (Fsp3) is 0.833. The molecule has 0 atom stereocenters. The van der Waals surface area contributed by atoms with Gasteiger partial charge < -0.3 is 9.84 Å². The van der Waals surface area contributed by atoms with Crippen LogP contribution in [0, 0.1) is 17.8 Å². The Labute approximate surface area is 94.0 Å². The molecule has 0 amide bonds. The standard InChI is InChI=1S/C12H16O4/c13-10(14)11(15)16-12-4-7-1-8(5-12)3-9(2-7)6-12/h7-9H,1-6H2,(H,13,14). The smallest absolute Gasteiger partial charge is 0.417 e. The number of carbonyl (C=O) groups is 2. The third kappa shape index (κ3) is 1.51. The van der Waals surface area contributed by atoms with Crippen molar-refractivity contribution in [2.75, 3.05) is 0 Å². The molecule has 16 heavy (non-hydrogen) atoms. The molecule has 4 nitrogen and oxygen atoms in total. The largest absolute Gasteiger partial charge is 0.473 e. The van der Waals surface area contributed by atoms with Gasteiger partial charge in [-0.3, -0.25) is 0 Å². The molecule has 0 spiro atoms. The molecule has 0 radical (unpaired) electrons. The Morgan fingerprint density at radius 3 is 1.81 bits per heavy atom. The maximum Gasteiger partial charge on any atom is 0.417 e. The molecule has 4 heteroatoms. The van der Waals surface area contributed by atoms with Gasteiger partial charge in [0.15, 0.2) is 0 Å². The van der Waals surface area contributed by atoms with Gasteiger partial charge in [0.25, 0.3) is 0 Å². The lowest BCUT2D eigenvalue weighted by molar-refractivity contribution is -0.193. The second kappa shape index (κ2) is 3.22. The zero-order valence-electron chi connectivity index (χ0n) is 9.15. The van der Waals surface area contributed by atoms with Crippen LogP contribution in [-0.4, -0.2) is 22.6 Å². The van der Waals surface area contributed by atoms with Crippen LogP contribution in [0.1, 0.15) is 38.5 Å². The summed E-state index contributed by atoms with van der Waals surface area (Å²) in [6.07, 6.45) is 6.42. The molecule has 4 rings (SSSR count). The summed E-state index contributed by atoms with van der Waals surface area (Å²) in [7, 11) is 0. The number of carboxylic acids is 1. The molecule has 0 aliphatic heterocycles. The van der Waals surface area contributed by atoms with Crippen molar-refractivity contribution < 1.29 is 19.4 Å². The molecular weight excluding hydrogens is 208 g/mol. The summed E-state index contributed by atoms with van der Waals surface area (Å²) < 4.78 is 5.27. The third-order valence-electron chi connectivity index (χ3n) is 4.47. The number of hydrogen-bond acceptors (Lipinski definition) is 3. The summed E-state index contributed by atoms with van der Waals surface area (Å²) in [6, 6.07) is 0. The van der Waals surface area contributed by atoms with Crippen LogP contribution in [0.25, 0.3) is 0 Å². The molecule has 4 bridgehead atoms. The van der Waals surface area contributed by atoms with E-state index in [2.05, 4.69) is 0 Å². The van der Waals surface area contributed by atoms with Crippen LogP contribution in [0.15, 0.2) is 0 Å². The van der Waals surface area contributed by atoms with Gasteiger partial charge in [-0.2, -0.15) is 0 Å². The number of rotatable bonds is 1. The molecule has 0 unspecified atom stereocenters. The predicted octanol–water partition coefficient (Wildman–Crippen LogP) is 1.58. The average Bonchev–Trinajstić information content (AvgIpc) is 2.13. The molecule has 0 aromatic heterocycles. The van der Waals surface area contributed by atoms with Crippen molar-refractivity contribution in [1.29, 1.82) is 0 Å². The van der Waals surface area contributed by atoms with Crippen LogP contribution in [-0.2, 0) is 14.3 Å². The summed E-state index contributed by atoms with van der Waals surface area (Å²) in [5, 5.41) is 8.61. The Morgan fingerprint density at radius 1 is 1.00 bits per heavy atom. The van der Waals surface area contributed by atoms with Crippen LogP contribution < -0.4 is 0 Å². The first-order chi connectivity index (χ1) is 7.56. The number of carboxylic acid groups (broad SMARTS) is 1. The minimum atomic E-state index is -1.46. The van der Waals surface area contributed by atoms with E-state index in [0.29, 0.717) is 17.8 Å². The van der Waals surface area contributed by atoms with E-state index < -0.39 is 17.5 Å². The molecule has 0 aromatic carbocycles. The third-order valence-corrected chi connectivity index (χ3v) is 4.47. The lowest BCUT2D eigenvalue weighted by Gasteiger charge is -2.55. The summed E-state index contributed by atoms with van der Waals surface area (Å²) in [4.78, 5) is 21.8. The van der Waals surface area contributed by atoms with E-state index in [9.17, 15) is 9.59 Å². The predicted molar refractivity (Wildman–Crippen MR) is 54.6 cm³/mol. The van der Waals surface area contributed by atoms with Gasteiger partial charge in [-0.05, 0) is 56.3 Å². The van der Waals surface area contributed by atoms with E-state index in [-0.39, 0.29) is 0 Å². The Morgan fingerprint density at radius 2 is 1.44 bits per heavy atom. The zero-order valence-corrected chi connectivity index (χ0v) is 9.15. The van der Waals surface area contributed by atoms with Crippen molar-refractivity contribution in [1.82, 2.24) is 0 Å². The molecule has 4 saturated carbocycles. The van der Waals surface area contributed by atoms with E-state index in [0.717, 1.165) is 19.3 Å². The SMILES string of the molecule is O=C(O)C(=O)OC12CC3CC(CC(C3)C1)C2. The van der Waals surface area contributed by atoms with E-state index >= 15 is 0 Å². The minimum absolute atomic E-state index is 0.426. The molecule has 4 fully saturated rings. The summed E-state index contributed by atoms with van der Waals surface area (Å²) in [5.41, 5.74) is -0.426. The van der Waals surface area contributed by atoms with Crippen LogP contribution in [0.4, 0.5) is 0 Å². The lowest BCUT2D eigenvalue weighted by atomic mass is 9.54. The van der Waals surface area contributed by atoms with Crippen LogP contribution in [0.2, 0.25) is 0 Å². The van der Waals surface area contributed by atoms with E-state index in [1.807, 2.05) is 0 Å². The van der Waals surface area contributed by atoms with Crippen molar-refractivity contribution in [3.05, 3.63) is 0 Å². The highest BCUT2D eigenvalue weighted by atomic mass is 16.6. The van der Waals surface area contributed by atoms with Crippen molar-refractivity contribution in [2.45, 2.75) is 44.1 Å². The van der Waals surface area contributed by atoms with Gasteiger partial charge in [-0.25, -0.2) is 9.59 Å². The molecule has 0 heterocycles. The Balaban J connectivity index is 1.78. The second-order valence-electron chi connectivity index (χ2n) is 5.80. The maximum atomic E-state index is 11.2. The van der Waals surface area contributed by atoms with Crippen molar-refractivity contribution in [3.63, 3.8) is 0 Å². The first kappa shape index (κ1) is 10.1. The van der Waals surface area contributed by atoms with E-state index in [1.165, 1.54) is 19.3 Å². The van der Waals surface area contributed by atoms with Gasteiger partial charge in [-0.15, -0.1) is 0 Å². The average molecular weight is 224 g/mol. The van der Waals surface area contributed by atoms with Crippen molar-refractivity contribution >= 4 is 11.9 Å². The van der Waals surface area contributed by atoms with E-state index in [4.69, 9.17) is 9.84 Å². The fourth-order valence-electron chi connectivity index (χ4n) is 4.40. The van der Waals surface area contributed by atoms with Gasteiger partial charge in [0, 0.05) is 0 Å². The van der Waals surface area contributed by atoms with Crippen LogP contribution in [0.5, 0.6) is 0 Å². The molecule has 4 aliphatic rings. The normalized spacial score (nSPS) is 44.4. The minimum Gasteiger partial charge on any atom is -0.473 e. The number of hydrogen-bond donors (Lipinski definition) is 1. The highest BCUT2D eigenvalue weighted by molar-refractivity contribution is 6.28. The maximum absolute atomic E-state index is 11.2. The van der Waals surface area contributed by atoms with Gasteiger partial charge in [0.1, 0.15) is 5.60 Å². The highest BCUT2D eigenvalue weighted by Gasteiger charge is 2.53. The summed E-state index contributed by atoms with van der Waals surface area (Å²) in [6.45, 7) is 0. The van der Waals surface area contributed by atoms with Gasteiger partial charge in [-0.1, -0.05) is 0 Å². The first-order valence-electron chi connectivity index (χ1n) is 6.02. The van der Waals surface area contributed by atoms with Gasteiger partial charge >= 0.3 is 11.9 Å². The van der Waals surface area contributed by atoms with E-state index in [1.54, 1.807) is 0 Å².